The Balaban J connectivity index is 1.51. The van der Waals surface area contributed by atoms with Crippen molar-refractivity contribution >= 4 is 27.3 Å². The van der Waals surface area contributed by atoms with Crippen LogP contribution in [0.2, 0.25) is 0 Å². The smallest absolute Gasteiger partial charge is 0.251 e. The highest BCUT2D eigenvalue weighted by atomic mass is 32.1. The molecule has 1 unspecified atom stereocenters. The standard InChI is InChI=1S/C26H25FN2O5S/c1-26(32,15-28-25(31)16-9-10-21(34-12-11-30)22(13-16)33-2)23-8-4-7-20(29-23)18-14-35-24-17(18)5-3-6-19(24)27/h3-10,13-14,30,32H,11-12,15H2,1-2H3,(H,28,31). The first-order valence-corrected chi connectivity index (χ1v) is 11.8. The number of methoxy groups -OCH3 is 1. The quantitative estimate of drug-likeness (QED) is 0.322. The van der Waals surface area contributed by atoms with Gasteiger partial charge in [0.25, 0.3) is 5.91 Å². The number of aromatic nitrogens is 1. The molecule has 0 aliphatic rings. The lowest BCUT2D eigenvalue weighted by Crippen LogP contribution is -2.39. The van der Waals surface area contributed by atoms with Crippen LogP contribution in [0.1, 0.15) is 23.0 Å². The van der Waals surface area contributed by atoms with Gasteiger partial charge in [0.05, 0.1) is 36.3 Å². The fraction of sp³-hybridized carbons (Fsp3) is 0.231. The summed E-state index contributed by atoms with van der Waals surface area (Å²) in [6.07, 6.45) is 0. The SMILES string of the molecule is COc1cc(C(=O)NCC(C)(O)c2cccc(-c3csc4c(F)cccc34)n2)ccc1OCCO. The summed E-state index contributed by atoms with van der Waals surface area (Å²) in [5, 5.41) is 25.4. The zero-order valence-electron chi connectivity index (χ0n) is 19.2. The number of fused-ring (bicyclic) bond motifs is 1. The number of thiophene rings is 1. The molecule has 0 spiro atoms. The maximum Gasteiger partial charge on any atom is 0.251 e. The number of pyridine rings is 1. The van der Waals surface area contributed by atoms with Crippen molar-refractivity contribution in [3.8, 4) is 22.8 Å². The molecule has 0 aliphatic heterocycles. The number of rotatable bonds is 9. The largest absolute Gasteiger partial charge is 0.493 e. The van der Waals surface area contributed by atoms with E-state index in [1.807, 2.05) is 11.4 Å². The first-order chi connectivity index (χ1) is 16.8. The third-order valence-corrected chi connectivity index (χ3v) is 6.50. The maximum atomic E-state index is 14.1. The minimum absolute atomic E-state index is 0.0909. The van der Waals surface area contributed by atoms with Gasteiger partial charge in [0.15, 0.2) is 11.5 Å². The summed E-state index contributed by atoms with van der Waals surface area (Å²) in [6, 6.07) is 14.8. The predicted molar refractivity (Wildman–Crippen MR) is 132 cm³/mol. The average molecular weight is 497 g/mol. The summed E-state index contributed by atoms with van der Waals surface area (Å²) >= 11 is 1.30. The third kappa shape index (κ3) is 5.27. The Morgan fingerprint density at radius 2 is 1.97 bits per heavy atom. The number of aliphatic hydroxyl groups is 2. The minimum Gasteiger partial charge on any atom is -0.493 e. The van der Waals surface area contributed by atoms with Crippen LogP contribution in [-0.4, -0.2) is 48.0 Å². The van der Waals surface area contributed by atoms with Crippen LogP contribution in [0.15, 0.2) is 60.0 Å². The molecule has 0 radical (unpaired) electrons. The van der Waals surface area contributed by atoms with Crippen molar-refractivity contribution in [3.05, 3.63) is 77.1 Å². The molecule has 2 aromatic heterocycles. The Hall–Kier alpha value is -3.53. The molecule has 0 fully saturated rings. The van der Waals surface area contributed by atoms with Gasteiger partial charge in [0.2, 0.25) is 0 Å². The average Bonchev–Trinajstić information content (AvgIpc) is 3.31. The van der Waals surface area contributed by atoms with Crippen molar-refractivity contribution < 1.29 is 28.9 Å². The van der Waals surface area contributed by atoms with E-state index in [9.17, 15) is 14.3 Å². The molecule has 4 rings (SSSR count). The topological polar surface area (TPSA) is 101 Å². The molecule has 9 heteroatoms. The van der Waals surface area contributed by atoms with Crippen LogP contribution >= 0.6 is 11.3 Å². The fourth-order valence-corrected chi connectivity index (χ4v) is 4.60. The fourth-order valence-electron chi connectivity index (χ4n) is 3.63. The summed E-state index contributed by atoms with van der Waals surface area (Å²) in [5.74, 6) is 0.0700. The first-order valence-electron chi connectivity index (χ1n) is 10.9. The van der Waals surface area contributed by atoms with Gasteiger partial charge in [-0.15, -0.1) is 11.3 Å². The monoisotopic (exact) mass is 496 g/mol. The number of ether oxygens (including phenoxy) is 2. The molecule has 0 aliphatic carbocycles. The Kier molecular flexibility index (Phi) is 7.30. The summed E-state index contributed by atoms with van der Waals surface area (Å²) in [7, 11) is 1.46. The molecule has 1 atom stereocenters. The van der Waals surface area contributed by atoms with Crippen LogP contribution in [0.3, 0.4) is 0 Å². The van der Waals surface area contributed by atoms with Crippen molar-refractivity contribution in [2.75, 3.05) is 26.9 Å². The van der Waals surface area contributed by atoms with Gasteiger partial charge in [-0.05, 0) is 43.3 Å². The van der Waals surface area contributed by atoms with Crippen molar-refractivity contribution in [1.82, 2.24) is 10.3 Å². The van der Waals surface area contributed by atoms with Gasteiger partial charge >= 0.3 is 0 Å². The van der Waals surface area contributed by atoms with Crippen LogP contribution in [0.5, 0.6) is 11.5 Å². The zero-order chi connectivity index (χ0) is 25.0. The number of carbonyl (C=O) groups is 1. The molecule has 7 nitrogen and oxygen atoms in total. The molecule has 0 saturated carbocycles. The minimum atomic E-state index is -1.46. The van der Waals surface area contributed by atoms with Crippen molar-refractivity contribution in [3.63, 3.8) is 0 Å². The van der Waals surface area contributed by atoms with Gasteiger partial charge in [0.1, 0.15) is 18.0 Å². The highest BCUT2D eigenvalue weighted by Gasteiger charge is 2.27. The molecular weight excluding hydrogens is 471 g/mol. The second kappa shape index (κ2) is 10.4. The van der Waals surface area contributed by atoms with Gasteiger partial charge in [-0.25, -0.2) is 9.37 Å². The molecule has 1 amide bonds. The molecule has 2 aromatic carbocycles. The summed E-state index contributed by atoms with van der Waals surface area (Å²) in [5.41, 5.74) is 0.617. The van der Waals surface area contributed by atoms with Crippen LogP contribution < -0.4 is 14.8 Å². The highest BCUT2D eigenvalue weighted by molar-refractivity contribution is 7.17. The van der Waals surface area contributed by atoms with Crippen LogP contribution in [-0.2, 0) is 5.60 Å². The van der Waals surface area contributed by atoms with Crippen molar-refractivity contribution in [1.29, 1.82) is 0 Å². The van der Waals surface area contributed by atoms with E-state index >= 15 is 0 Å². The molecule has 4 aromatic rings. The van der Waals surface area contributed by atoms with E-state index in [-0.39, 0.29) is 25.6 Å². The highest BCUT2D eigenvalue weighted by Crippen LogP contribution is 2.35. The number of nitrogens with zero attached hydrogens (tertiary/aromatic N) is 1. The number of hydrogen-bond acceptors (Lipinski definition) is 7. The second-order valence-corrected chi connectivity index (χ2v) is 8.95. The number of carbonyl (C=O) groups excluding carboxylic acids is 1. The van der Waals surface area contributed by atoms with Crippen LogP contribution in [0.25, 0.3) is 21.3 Å². The molecular formula is C26H25FN2O5S. The Morgan fingerprint density at radius 3 is 2.74 bits per heavy atom. The lowest BCUT2D eigenvalue weighted by atomic mass is 10.00. The second-order valence-electron chi connectivity index (χ2n) is 8.07. The lowest BCUT2D eigenvalue weighted by molar-refractivity contribution is 0.0490. The van der Waals surface area contributed by atoms with Crippen LogP contribution in [0.4, 0.5) is 4.39 Å². The Bertz CT molecular complexity index is 1350. The van der Waals surface area contributed by atoms with Gasteiger partial charge in [-0.1, -0.05) is 18.2 Å². The van der Waals surface area contributed by atoms with Crippen molar-refractivity contribution in [2.24, 2.45) is 0 Å². The van der Waals surface area contributed by atoms with E-state index in [4.69, 9.17) is 14.6 Å². The lowest BCUT2D eigenvalue weighted by Gasteiger charge is -2.24. The van der Waals surface area contributed by atoms with Crippen LogP contribution in [0, 0.1) is 5.82 Å². The molecule has 0 saturated heterocycles. The number of halogens is 1. The Morgan fingerprint density at radius 1 is 1.17 bits per heavy atom. The van der Waals surface area contributed by atoms with E-state index in [1.54, 1.807) is 43.3 Å². The summed E-state index contributed by atoms with van der Waals surface area (Å²) < 4.78 is 25.3. The predicted octanol–water partition coefficient (Wildman–Crippen LogP) is 4.12. The van der Waals surface area contributed by atoms with E-state index in [0.29, 0.717) is 33.2 Å². The Labute approximate surface area is 205 Å². The van der Waals surface area contributed by atoms with Gasteiger partial charge in [-0.3, -0.25) is 4.79 Å². The van der Waals surface area contributed by atoms with E-state index in [0.717, 1.165) is 10.9 Å². The third-order valence-electron chi connectivity index (χ3n) is 5.50. The molecule has 2 heterocycles. The molecule has 3 N–H and O–H groups in total. The van der Waals surface area contributed by atoms with Crippen molar-refractivity contribution in [2.45, 2.75) is 12.5 Å². The molecule has 0 bridgehead atoms. The number of hydrogen-bond donors (Lipinski definition) is 3. The summed E-state index contributed by atoms with van der Waals surface area (Å²) in [4.78, 5) is 17.3. The maximum absolute atomic E-state index is 14.1. The number of amides is 1. The zero-order valence-corrected chi connectivity index (χ0v) is 20.1. The van der Waals surface area contributed by atoms with E-state index in [2.05, 4.69) is 10.3 Å². The van der Waals surface area contributed by atoms with Gasteiger partial charge in [0, 0.05) is 21.9 Å². The normalized spacial score (nSPS) is 12.8. The summed E-state index contributed by atoms with van der Waals surface area (Å²) in [6.45, 7) is 1.44. The van der Waals surface area contributed by atoms with E-state index < -0.39 is 11.5 Å². The molecule has 182 valence electrons. The van der Waals surface area contributed by atoms with Gasteiger partial charge < -0.3 is 25.0 Å². The molecule has 35 heavy (non-hydrogen) atoms. The van der Waals surface area contributed by atoms with E-state index in [1.165, 1.54) is 30.6 Å². The first kappa shape index (κ1) is 24.6. The number of nitrogens with one attached hydrogen (secondary N) is 1. The number of benzene rings is 2. The number of aliphatic hydroxyl groups excluding tert-OH is 1. The van der Waals surface area contributed by atoms with Gasteiger partial charge in [-0.2, -0.15) is 0 Å².